The lowest BCUT2D eigenvalue weighted by molar-refractivity contribution is 0.413. The zero-order valence-electron chi connectivity index (χ0n) is 21.2. The van der Waals surface area contributed by atoms with Crippen molar-refractivity contribution in [2.75, 3.05) is 24.3 Å². The van der Waals surface area contributed by atoms with Crippen molar-refractivity contribution in [3.05, 3.63) is 103 Å². The van der Waals surface area contributed by atoms with Crippen LogP contribution in [0, 0.1) is 0 Å². The highest BCUT2D eigenvalue weighted by Gasteiger charge is 2.11. The van der Waals surface area contributed by atoms with E-state index >= 15 is 0 Å². The Morgan fingerprint density at radius 3 is 2.38 bits per heavy atom. The zero-order valence-corrected chi connectivity index (χ0v) is 22.0. The van der Waals surface area contributed by atoms with E-state index in [4.69, 9.17) is 4.74 Å². The number of methoxy groups -OCH3 is 1. The lowest BCUT2D eigenvalue weighted by atomic mass is 10.1. The fourth-order valence-electron chi connectivity index (χ4n) is 4.23. The molecule has 0 spiro atoms. The van der Waals surface area contributed by atoms with Gasteiger partial charge in [0.15, 0.2) is 11.6 Å². The molecular formula is C30H25N7OS. The molecular weight excluding hydrogens is 506 g/mol. The lowest BCUT2D eigenvalue weighted by Gasteiger charge is -2.12. The average molecular weight is 532 g/mol. The summed E-state index contributed by atoms with van der Waals surface area (Å²) in [6.07, 6.45) is 6.13. The van der Waals surface area contributed by atoms with Gasteiger partial charge >= 0.3 is 0 Å². The molecule has 4 aromatic heterocycles. The molecule has 0 fully saturated rings. The molecule has 0 amide bonds. The molecule has 0 aliphatic heterocycles. The summed E-state index contributed by atoms with van der Waals surface area (Å²) in [6, 6.07) is 26.2. The van der Waals surface area contributed by atoms with E-state index in [1.807, 2.05) is 60.8 Å². The molecule has 0 atom stereocenters. The monoisotopic (exact) mass is 531 g/mol. The zero-order chi connectivity index (χ0) is 26.4. The number of anilines is 3. The summed E-state index contributed by atoms with van der Waals surface area (Å²) in [5.41, 5.74) is 3.62. The highest BCUT2D eigenvalue weighted by Crippen LogP contribution is 2.34. The van der Waals surface area contributed by atoms with Crippen LogP contribution in [0.4, 0.5) is 17.3 Å². The minimum Gasteiger partial charge on any atom is -0.495 e. The summed E-state index contributed by atoms with van der Waals surface area (Å²) in [7, 11) is 1.63. The van der Waals surface area contributed by atoms with Crippen LogP contribution in [0.15, 0.2) is 107 Å². The number of nitrogens with zero attached hydrogens (tertiary/aromatic N) is 5. The van der Waals surface area contributed by atoms with Gasteiger partial charge in [0.2, 0.25) is 0 Å². The van der Waals surface area contributed by atoms with E-state index in [1.54, 1.807) is 31.3 Å². The van der Waals surface area contributed by atoms with Gasteiger partial charge in [-0.1, -0.05) is 42.1 Å². The van der Waals surface area contributed by atoms with Crippen LogP contribution in [0.1, 0.15) is 5.69 Å². The third kappa shape index (κ3) is 5.58. The largest absolute Gasteiger partial charge is 0.495 e. The van der Waals surface area contributed by atoms with Crippen molar-refractivity contribution < 1.29 is 4.74 Å². The molecule has 0 aliphatic carbocycles. The van der Waals surface area contributed by atoms with E-state index in [9.17, 15) is 0 Å². The van der Waals surface area contributed by atoms with Crippen molar-refractivity contribution in [3.8, 4) is 5.75 Å². The van der Waals surface area contributed by atoms with Gasteiger partial charge < -0.3 is 15.4 Å². The second-order valence-electron chi connectivity index (χ2n) is 8.74. The first-order valence-corrected chi connectivity index (χ1v) is 13.3. The Bertz CT molecular complexity index is 1730. The number of hydrogen-bond acceptors (Lipinski definition) is 9. The summed E-state index contributed by atoms with van der Waals surface area (Å²) < 4.78 is 5.28. The number of hydrogen-bond donors (Lipinski definition) is 2. The molecule has 6 aromatic rings. The van der Waals surface area contributed by atoms with Crippen LogP contribution in [0.5, 0.6) is 5.75 Å². The number of nitrogens with one attached hydrogen (secondary N) is 2. The Hall–Kier alpha value is -4.76. The van der Waals surface area contributed by atoms with Crippen LogP contribution < -0.4 is 15.4 Å². The molecule has 2 aromatic carbocycles. The summed E-state index contributed by atoms with van der Waals surface area (Å²) >= 11 is 1.64. The molecule has 2 N–H and O–H groups in total. The Morgan fingerprint density at radius 2 is 1.59 bits per heavy atom. The number of aromatic nitrogens is 5. The predicted molar refractivity (Wildman–Crippen MR) is 156 cm³/mol. The number of pyridine rings is 3. The minimum absolute atomic E-state index is 0.691. The predicted octanol–water partition coefficient (Wildman–Crippen LogP) is 6.53. The van der Waals surface area contributed by atoms with E-state index in [1.165, 1.54) is 0 Å². The van der Waals surface area contributed by atoms with Crippen molar-refractivity contribution in [2.45, 2.75) is 16.2 Å². The van der Waals surface area contributed by atoms with Crippen molar-refractivity contribution >= 4 is 50.9 Å². The van der Waals surface area contributed by atoms with E-state index in [-0.39, 0.29) is 0 Å². The van der Waals surface area contributed by atoms with Crippen LogP contribution in [0.25, 0.3) is 21.8 Å². The first-order valence-electron chi connectivity index (χ1n) is 12.5. The van der Waals surface area contributed by atoms with Crippen LogP contribution in [0.3, 0.4) is 0 Å². The molecule has 0 saturated carbocycles. The Labute approximate surface area is 229 Å². The van der Waals surface area contributed by atoms with Crippen LogP contribution >= 0.6 is 11.8 Å². The molecule has 8 nitrogen and oxygen atoms in total. The molecule has 0 bridgehead atoms. The first kappa shape index (κ1) is 24.6. The second kappa shape index (κ2) is 11.3. The number of fused-ring (bicyclic) bond motifs is 2. The van der Waals surface area contributed by atoms with Gasteiger partial charge in [0.1, 0.15) is 11.3 Å². The van der Waals surface area contributed by atoms with Gasteiger partial charge in [-0.25, -0.2) is 4.98 Å². The summed E-state index contributed by atoms with van der Waals surface area (Å²) in [4.78, 5) is 15.5. The van der Waals surface area contributed by atoms with Crippen LogP contribution in [-0.2, 0) is 6.42 Å². The summed E-state index contributed by atoms with van der Waals surface area (Å²) in [6.45, 7) is 0.720. The highest BCUT2D eigenvalue weighted by molar-refractivity contribution is 7.99. The number of rotatable bonds is 9. The average Bonchev–Trinajstić information content (AvgIpc) is 2.99. The maximum Gasteiger partial charge on any atom is 0.161 e. The number of ether oxygens (including phenoxy) is 1. The summed E-state index contributed by atoms with van der Waals surface area (Å²) in [5, 5.41) is 17.8. The first-order chi connectivity index (χ1) is 19.3. The molecule has 192 valence electrons. The van der Waals surface area contributed by atoms with Gasteiger partial charge in [-0.05, 0) is 42.5 Å². The van der Waals surface area contributed by atoms with E-state index in [0.29, 0.717) is 11.6 Å². The van der Waals surface area contributed by atoms with Crippen molar-refractivity contribution in [2.24, 2.45) is 0 Å². The molecule has 6 rings (SSSR count). The fourth-order valence-corrected chi connectivity index (χ4v) is 5.14. The van der Waals surface area contributed by atoms with Gasteiger partial charge in [0.25, 0.3) is 0 Å². The van der Waals surface area contributed by atoms with E-state index in [2.05, 4.69) is 60.0 Å². The molecule has 0 aliphatic rings. The standard InChI is InChI=1S/C30H25N7OS/c1-38-22-18-26-28(34-19-22)27(14-17-32-26)39-23-11-9-21(10-12-23)35-30-25-8-3-2-7-24(25)29(36-37-30)33-16-13-20-6-4-5-15-31-20/h2-12,14-15,17-19H,13,16H2,1H3,(H,33,36)(H,35,37). The summed E-state index contributed by atoms with van der Waals surface area (Å²) in [5.74, 6) is 2.16. The molecule has 0 saturated heterocycles. The smallest absolute Gasteiger partial charge is 0.161 e. The Kier molecular flexibility index (Phi) is 7.13. The minimum atomic E-state index is 0.691. The van der Waals surface area contributed by atoms with Crippen LogP contribution in [0.2, 0.25) is 0 Å². The van der Waals surface area contributed by atoms with Gasteiger partial charge in [-0.15, -0.1) is 10.2 Å². The van der Waals surface area contributed by atoms with Crippen molar-refractivity contribution in [1.82, 2.24) is 25.1 Å². The Balaban J connectivity index is 1.17. The molecule has 0 radical (unpaired) electrons. The third-order valence-corrected chi connectivity index (χ3v) is 7.24. The molecule has 9 heteroatoms. The maximum absolute atomic E-state index is 5.28. The third-order valence-electron chi connectivity index (χ3n) is 6.18. The van der Waals surface area contributed by atoms with Crippen molar-refractivity contribution in [3.63, 3.8) is 0 Å². The highest BCUT2D eigenvalue weighted by atomic mass is 32.2. The molecule has 0 unspecified atom stereocenters. The quantitative estimate of drug-likeness (QED) is 0.216. The molecule has 4 heterocycles. The lowest BCUT2D eigenvalue weighted by Crippen LogP contribution is -2.09. The van der Waals surface area contributed by atoms with E-state index < -0.39 is 0 Å². The van der Waals surface area contributed by atoms with Gasteiger partial charge in [-0.2, -0.15) is 0 Å². The second-order valence-corrected chi connectivity index (χ2v) is 9.86. The SMILES string of the molecule is COc1cnc2c(Sc3ccc(Nc4nnc(NCCc5ccccn5)c5ccccc45)cc3)ccnc2c1. The topological polar surface area (TPSA) is 97.7 Å². The normalized spacial score (nSPS) is 11.0. The maximum atomic E-state index is 5.28. The number of benzene rings is 2. The van der Waals surface area contributed by atoms with Gasteiger partial charge in [0, 0.05) is 63.4 Å². The fraction of sp³-hybridized carbons (Fsp3) is 0.100. The Morgan fingerprint density at radius 1 is 0.795 bits per heavy atom. The van der Waals surface area contributed by atoms with Gasteiger partial charge in [-0.3, -0.25) is 9.97 Å². The van der Waals surface area contributed by atoms with Crippen molar-refractivity contribution in [1.29, 1.82) is 0 Å². The molecule has 39 heavy (non-hydrogen) atoms. The van der Waals surface area contributed by atoms with E-state index in [0.717, 1.165) is 61.8 Å². The van der Waals surface area contributed by atoms with Crippen LogP contribution in [-0.4, -0.2) is 38.8 Å². The van der Waals surface area contributed by atoms with Gasteiger partial charge in [0.05, 0.1) is 18.8 Å².